The highest BCUT2D eigenvalue weighted by molar-refractivity contribution is 7.10. The molecule has 6 rings (SSSR count). The maximum atomic E-state index is 13.3. The number of aromatic nitrogens is 2. The molecule has 3 heterocycles. The molecule has 1 amide bonds. The summed E-state index contributed by atoms with van der Waals surface area (Å²) in [5.74, 6) is 3.18. The van der Waals surface area contributed by atoms with Crippen molar-refractivity contribution in [2.75, 3.05) is 26.2 Å². The van der Waals surface area contributed by atoms with E-state index in [1.54, 1.807) is 23.7 Å². The number of ether oxygens (including phenoxy) is 1. The van der Waals surface area contributed by atoms with Gasteiger partial charge in [0.15, 0.2) is 0 Å². The molecule has 2 saturated carbocycles. The number of fused-ring (bicyclic) bond motifs is 3. The van der Waals surface area contributed by atoms with Crippen molar-refractivity contribution in [1.82, 2.24) is 20.2 Å². The van der Waals surface area contributed by atoms with Gasteiger partial charge in [0, 0.05) is 36.6 Å². The molecule has 0 spiro atoms. The minimum atomic E-state index is -0.0183. The molecule has 6 nitrogen and oxygen atoms in total. The first-order valence-electron chi connectivity index (χ1n) is 10.4. The minimum absolute atomic E-state index is 0.0183. The lowest BCUT2D eigenvalue weighted by Crippen LogP contribution is -2.56. The Labute approximate surface area is 174 Å². The third-order valence-electron chi connectivity index (χ3n) is 6.92. The second-order valence-corrected chi connectivity index (χ2v) is 9.53. The van der Waals surface area contributed by atoms with Crippen LogP contribution in [0, 0.1) is 17.8 Å². The largest absolute Gasteiger partial charge is 0.490 e. The molecule has 150 valence electrons. The highest BCUT2D eigenvalue weighted by atomic mass is 32.1. The van der Waals surface area contributed by atoms with E-state index in [1.165, 1.54) is 12.8 Å². The lowest BCUT2D eigenvalue weighted by atomic mass is 9.96. The number of carbonyl (C=O) groups excluding carboxylic acids is 1. The van der Waals surface area contributed by atoms with E-state index in [0.29, 0.717) is 18.8 Å². The molecule has 29 heavy (non-hydrogen) atoms. The normalized spacial score (nSPS) is 34.3. The molecular weight excluding hydrogens is 384 g/mol. The maximum absolute atomic E-state index is 13.3. The summed E-state index contributed by atoms with van der Waals surface area (Å²) in [6.07, 6.45) is 10.7. The Bertz CT molecular complexity index is 961. The number of rotatable bonds is 5. The summed E-state index contributed by atoms with van der Waals surface area (Å²) in [5.41, 5.74) is 0.720. The summed E-state index contributed by atoms with van der Waals surface area (Å²) in [6, 6.07) is 3.72. The first kappa shape index (κ1) is 17.6. The lowest BCUT2D eigenvalue weighted by molar-refractivity contribution is 0.0554. The molecule has 3 fully saturated rings. The van der Waals surface area contributed by atoms with Crippen LogP contribution in [0.3, 0.4) is 0 Å². The van der Waals surface area contributed by atoms with E-state index in [-0.39, 0.29) is 17.4 Å². The van der Waals surface area contributed by atoms with Crippen LogP contribution in [0.1, 0.15) is 28.3 Å². The second kappa shape index (κ2) is 6.64. The van der Waals surface area contributed by atoms with Crippen molar-refractivity contribution in [2.45, 2.75) is 24.3 Å². The molecule has 2 aromatic rings. The average molecular weight is 409 g/mol. The van der Waals surface area contributed by atoms with Crippen molar-refractivity contribution in [3.8, 4) is 5.75 Å². The Morgan fingerprint density at radius 1 is 1.45 bits per heavy atom. The molecule has 2 aromatic heterocycles. The summed E-state index contributed by atoms with van der Waals surface area (Å²) in [6.45, 7) is 2.63. The number of nitrogens with one attached hydrogen (secondary N) is 1. The number of allylic oxidation sites excluding steroid dienone is 2. The zero-order valence-corrected chi connectivity index (χ0v) is 17.0. The van der Waals surface area contributed by atoms with Gasteiger partial charge in [0.25, 0.3) is 5.91 Å². The third kappa shape index (κ3) is 2.99. The molecule has 1 aliphatic heterocycles. The van der Waals surface area contributed by atoms with Gasteiger partial charge in [-0.3, -0.25) is 9.78 Å². The number of hydrogen-bond donors (Lipinski definition) is 1. The number of pyridine rings is 1. The van der Waals surface area contributed by atoms with Crippen LogP contribution in [-0.2, 0) is 5.41 Å². The maximum Gasteiger partial charge on any atom is 0.273 e. The fraction of sp³-hybridized carbons (Fsp3) is 0.500. The van der Waals surface area contributed by atoms with Gasteiger partial charge >= 0.3 is 0 Å². The van der Waals surface area contributed by atoms with E-state index in [0.717, 1.165) is 41.6 Å². The molecule has 7 heteroatoms. The Hall–Kier alpha value is -2.25. The molecule has 0 aromatic carbocycles. The third-order valence-corrected chi connectivity index (χ3v) is 7.95. The zero-order valence-electron chi connectivity index (χ0n) is 16.2. The lowest BCUT2D eigenvalue weighted by Gasteiger charge is -2.35. The fourth-order valence-corrected chi connectivity index (χ4v) is 6.15. The quantitative estimate of drug-likeness (QED) is 0.770. The number of hydrogen-bond acceptors (Lipinski definition) is 6. The Morgan fingerprint density at radius 3 is 3.31 bits per heavy atom. The van der Waals surface area contributed by atoms with Crippen molar-refractivity contribution in [3.05, 3.63) is 52.8 Å². The van der Waals surface area contributed by atoms with Gasteiger partial charge in [0.1, 0.15) is 23.1 Å². The Balaban J connectivity index is 1.17. The molecule has 4 aliphatic rings. The highest BCUT2D eigenvalue weighted by Crippen LogP contribution is 2.70. The van der Waals surface area contributed by atoms with E-state index in [2.05, 4.69) is 22.5 Å². The van der Waals surface area contributed by atoms with Crippen molar-refractivity contribution in [3.63, 3.8) is 0 Å². The molecule has 0 radical (unpaired) electrons. The predicted molar refractivity (Wildman–Crippen MR) is 110 cm³/mol. The van der Waals surface area contributed by atoms with Crippen LogP contribution in [0.5, 0.6) is 5.75 Å². The van der Waals surface area contributed by atoms with Gasteiger partial charge in [0.2, 0.25) is 0 Å². The SMILES string of the molecule is O=C(c1csc(C23C=CC4CC4C2C3)n1)N1CCNCC1COc1cccnc1. The molecule has 5 atom stereocenters. The fourth-order valence-electron chi connectivity index (χ4n) is 5.10. The van der Waals surface area contributed by atoms with Crippen molar-refractivity contribution in [2.24, 2.45) is 17.8 Å². The molecule has 5 unspecified atom stereocenters. The first-order chi connectivity index (χ1) is 14.2. The number of carbonyl (C=O) groups is 1. The summed E-state index contributed by atoms with van der Waals surface area (Å²) in [4.78, 5) is 24.1. The molecule has 3 aliphatic carbocycles. The highest BCUT2D eigenvalue weighted by Gasteiger charge is 2.66. The number of thiazole rings is 1. The molecule has 1 saturated heterocycles. The van der Waals surface area contributed by atoms with Crippen LogP contribution in [0.25, 0.3) is 0 Å². The monoisotopic (exact) mass is 408 g/mol. The molecule has 0 bridgehead atoms. The summed E-state index contributed by atoms with van der Waals surface area (Å²) in [5, 5.41) is 6.45. The summed E-state index contributed by atoms with van der Waals surface area (Å²) in [7, 11) is 0. The number of amides is 1. The second-order valence-electron chi connectivity index (χ2n) is 8.67. The van der Waals surface area contributed by atoms with Crippen molar-refractivity contribution in [1.29, 1.82) is 0 Å². The topological polar surface area (TPSA) is 67.4 Å². The summed E-state index contributed by atoms with van der Waals surface area (Å²) >= 11 is 1.66. The number of nitrogens with zero attached hydrogens (tertiary/aromatic N) is 3. The van der Waals surface area contributed by atoms with Crippen LogP contribution in [0.15, 0.2) is 42.1 Å². The molecular formula is C22H24N4O2S. The van der Waals surface area contributed by atoms with Gasteiger partial charge in [0.05, 0.1) is 12.2 Å². The first-order valence-corrected chi connectivity index (χ1v) is 11.3. The minimum Gasteiger partial charge on any atom is -0.490 e. The average Bonchev–Trinajstić information content (AvgIpc) is 3.66. The van der Waals surface area contributed by atoms with Gasteiger partial charge in [-0.2, -0.15) is 0 Å². The van der Waals surface area contributed by atoms with Gasteiger partial charge in [-0.25, -0.2) is 4.98 Å². The Morgan fingerprint density at radius 2 is 2.41 bits per heavy atom. The number of piperazine rings is 1. The molecule has 1 N–H and O–H groups in total. The standard InChI is InChI=1S/C22H24N4O2S/c27-20(26-7-6-24-10-15(26)12-28-16-2-1-5-23-11-16)19-13-29-21(25-19)22-4-3-14-8-17(14)18(22)9-22/h1-5,11,13-15,17-18,24H,6-10,12H2. The zero-order chi connectivity index (χ0) is 19.4. The predicted octanol–water partition coefficient (Wildman–Crippen LogP) is 2.49. The van der Waals surface area contributed by atoms with E-state index < -0.39 is 0 Å². The van der Waals surface area contributed by atoms with Crippen molar-refractivity contribution >= 4 is 17.2 Å². The van der Waals surface area contributed by atoms with Crippen LogP contribution in [0.4, 0.5) is 0 Å². The van der Waals surface area contributed by atoms with E-state index in [1.807, 2.05) is 22.4 Å². The van der Waals surface area contributed by atoms with Crippen LogP contribution in [-0.4, -0.2) is 53.1 Å². The van der Waals surface area contributed by atoms with Gasteiger partial charge in [-0.1, -0.05) is 12.2 Å². The van der Waals surface area contributed by atoms with Gasteiger partial charge in [-0.15, -0.1) is 11.3 Å². The van der Waals surface area contributed by atoms with Crippen LogP contribution < -0.4 is 10.1 Å². The van der Waals surface area contributed by atoms with Gasteiger partial charge < -0.3 is 15.0 Å². The van der Waals surface area contributed by atoms with Gasteiger partial charge in [-0.05, 0) is 42.7 Å². The Kier molecular flexibility index (Phi) is 4.03. The smallest absolute Gasteiger partial charge is 0.273 e. The van der Waals surface area contributed by atoms with E-state index in [9.17, 15) is 4.79 Å². The van der Waals surface area contributed by atoms with Crippen LogP contribution in [0.2, 0.25) is 0 Å². The van der Waals surface area contributed by atoms with Crippen LogP contribution >= 0.6 is 11.3 Å². The summed E-state index contributed by atoms with van der Waals surface area (Å²) < 4.78 is 5.88. The van der Waals surface area contributed by atoms with E-state index >= 15 is 0 Å². The van der Waals surface area contributed by atoms with Crippen molar-refractivity contribution < 1.29 is 9.53 Å². The van der Waals surface area contributed by atoms with E-state index in [4.69, 9.17) is 9.72 Å².